The molecule has 0 bridgehead atoms. The Kier molecular flexibility index (Phi) is 3.33. The number of aromatic nitrogens is 6. The SMILES string of the molecule is COc1nc(-c2nc3n(n2)CCCC3)ccc1-n1cnc(C)c1. The van der Waals surface area contributed by atoms with Crippen LogP contribution in [0.5, 0.6) is 5.88 Å². The smallest absolute Gasteiger partial charge is 0.238 e. The minimum Gasteiger partial charge on any atom is -0.479 e. The molecule has 0 unspecified atom stereocenters. The first-order chi connectivity index (χ1) is 11.2. The molecule has 0 aliphatic carbocycles. The second-order valence-electron chi connectivity index (χ2n) is 5.68. The first-order valence-corrected chi connectivity index (χ1v) is 7.74. The van der Waals surface area contributed by atoms with E-state index in [1.807, 2.05) is 34.5 Å². The largest absolute Gasteiger partial charge is 0.479 e. The normalized spacial score (nSPS) is 13.8. The van der Waals surface area contributed by atoms with Crippen molar-refractivity contribution < 1.29 is 4.74 Å². The van der Waals surface area contributed by atoms with Crippen molar-refractivity contribution in [3.05, 3.63) is 36.2 Å². The third-order valence-electron chi connectivity index (χ3n) is 4.02. The summed E-state index contributed by atoms with van der Waals surface area (Å²) in [5.41, 5.74) is 2.52. The van der Waals surface area contributed by atoms with Gasteiger partial charge in [0.2, 0.25) is 5.88 Å². The highest BCUT2D eigenvalue weighted by Crippen LogP contribution is 2.25. The molecule has 7 nitrogen and oxygen atoms in total. The number of pyridine rings is 1. The number of rotatable bonds is 3. The Morgan fingerprint density at radius 2 is 2.09 bits per heavy atom. The number of hydrogen-bond donors (Lipinski definition) is 0. The van der Waals surface area contributed by atoms with E-state index in [-0.39, 0.29) is 0 Å². The van der Waals surface area contributed by atoms with Gasteiger partial charge in [-0.1, -0.05) is 0 Å². The van der Waals surface area contributed by atoms with E-state index in [4.69, 9.17) is 4.74 Å². The maximum Gasteiger partial charge on any atom is 0.238 e. The summed E-state index contributed by atoms with van der Waals surface area (Å²) in [6, 6.07) is 3.89. The minimum absolute atomic E-state index is 0.535. The van der Waals surface area contributed by atoms with Gasteiger partial charge in [0, 0.05) is 19.2 Å². The fourth-order valence-electron chi connectivity index (χ4n) is 2.85. The van der Waals surface area contributed by atoms with Crippen molar-refractivity contribution in [3.63, 3.8) is 0 Å². The highest BCUT2D eigenvalue weighted by Gasteiger charge is 2.17. The second-order valence-corrected chi connectivity index (χ2v) is 5.68. The van der Waals surface area contributed by atoms with Gasteiger partial charge < -0.3 is 9.30 Å². The van der Waals surface area contributed by atoms with Crippen molar-refractivity contribution in [1.29, 1.82) is 0 Å². The van der Waals surface area contributed by atoms with Crippen molar-refractivity contribution in [2.45, 2.75) is 32.7 Å². The van der Waals surface area contributed by atoms with Gasteiger partial charge in [-0.2, -0.15) is 0 Å². The zero-order chi connectivity index (χ0) is 15.8. The van der Waals surface area contributed by atoms with Gasteiger partial charge in [0.1, 0.15) is 17.2 Å². The summed E-state index contributed by atoms with van der Waals surface area (Å²) in [7, 11) is 1.62. The molecule has 4 rings (SSSR count). The summed E-state index contributed by atoms with van der Waals surface area (Å²) in [5.74, 6) is 2.24. The molecule has 0 saturated heterocycles. The molecule has 0 radical (unpaired) electrons. The highest BCUT2D eigenvalue weighted by molar-refractivity contribution is 5.55. The lowest BCUT2D eigenvalue weighted by Gasteiger charge is -2.10. The molecule has 23 heavy (non-hydrogen) atoms. The van der Waals surface area contributed by atoms with E-state index < -0.39 is 0 Å². The first kappa shape index (κ1) is 13.9. The fourth-order valence-corrected chi connectivity index (χ4v) is 2.85. The molecular formula is C16H18N6O. The molecule has 0 spiro atoms. The van der Waals surface area contributed by atoms with Crippen molar-refractivity contribution in [1.82, 2.24) is 29.3 Å². The molecule has 0 saturated carbocycles. The van der Waals surface area contributed by atoms with Gasteiger partial charge in [-0.15, -0.1) is 5.10 Å². The molecule has 3 aromatic heterocycles. The molecule has 0 fully saturated rings. The van der Waals surface area contributed by atoms with Crippen LogP contribution in [0.2, 0.25) is 0 Å². The summed E-state index contributed by atoms with van der Waals surface area (Å²) >= 11 is 0. The zero-order valence-electron chi connectivity index (χ0n) is 13.2. The Morgan fingerprint density at radius 1 is 1.17 bits per heavy atom. The maximum atomic E-state index is 5.45. The van der Waals surface area contributed by atoms with Crippen LogP contribution in [0, 0.1) is 6.92 Å². The van der Waals surface area contributed by atoms with E-state index >= 15 is 0 Å². The van der Waals surface area contributed by atoms with Crippen molar-refractivity contribution in [3.8, 4) is 23.1 Å². The summed E-state index contributed by atoms with van der Waals surface area (Å²) < 4.78 is 9.34. The van der Waals surface area contributed by atoms with E-state index in [2.05, 4.69) is 20.1 Å². The Hall–Kier alpha value is -2.70. The third-order valence-corrected chi connectivity index (χ3v) is 4.02. The number of nitrogens with zero attached hydrogens (tertiary/aromatic N) is 6. The van der Waals surface area contributed by atoms with Crippen molar-refractivity contribution >= 4 is 0 Å². The lowest BCUT2D eigenvalue weighted by Crippen LogP contribution is -2.11. The number of fused-ring (bicyclic) bond motifs is 1. The van der Waals surface area contributed by atoms with Crippen LogP contribution >= 0.6 is 0 Å². The maximum absolute atomic E-state index is 5.45. The molecule has 0 amide bonds. The van der Waals surface area contributed by atoms with Crippen LogP contribution in [-0.4, -0.2) is 36.4 Å². The zero-order valence-corrected chi connectivity index (χ0v) is 13.2. The Bertz CT molecular complexity index is 827. The topological polar surface area (TPSA) is 70.7 Å². The van der Waals surface area contributed by atoms with Crippen molar-refractivity contribution in [2.75, 3.05) is 7.11 Å². The van der Waals surface area contributed by atoms with Gasteiger partial charge in [-0.25, -0.2) is 19.6 Å². The number of methoxy groups -OCH3 is 1. The first-order valence-electron chi connectivity index (χ1n) is 7.74. The van der Waals surface area contributed by atoms with Gasteiger partial charge in [0.05, 0.1) is 19.1 Å². The van der Waals surface area contributed by atoms with E-state index in [1.165, 1.54) is 6.42 Å². The lowest BCUT2D eigenvalue weighted by atomic mass is 10.2. The van der Waals surface area contributed by atoms with Crippen molar-refractivity contribution in [2.24, 2.45) is 0 Å². The third kappa shape index (κ3) is 2.48. The molecule has 4 heterocycles. The molecule has 118 valence electrons. The molecule has 3 aromatic rings. The van der Waals surface area contributed by atoms with Crippen LogP contribution in [0.4, 0.5) is 0 Å². The predicted molar refractivity (Wildman–Crippen MR) is 84.6 cm³/mol. The van der Waals surface area contributed by atoms with E-state index in [0.29, 0.717) is 11.7 Å². The number of ether oxygens (including phenoxy) is 1. The lowest BCUT2D eigenvalue weighted by molar-refractivity contribution is 0.396. The average Bonchev–Trinajstić information content (AvgIpc) is 3.20. The van der Waals surface area contributed by atoms with E-state index in [1.54, 1.807) is 13.4 Å². The van der Waals surface area contributed by atoms with Crippen LogP contribution in [0.3, 0.4) is 0 Å². The summed E-state index contributed by atoms with van der Waals surface area (Å²) in [6.07, 6.45) is 7.00. The average molecular weight is 310 g/mol. The van der Waals surface area contributed by atoms with Crippen LogP contribution in [0.25, 0.3) is 17.2 Å². The van der Waals surface area contributed by atoms with Crippen LogP contribution in [0.15, 0.2) is 24.7 Å². The summed E-state index contributed by atoms with van der Waals surface area (Å²) in [4.78, 5) is 13.4. The molecule has 1 aliphatic rings. The van der Waals surface area contributed by atoms with Crippen LogP contribution < -0.4 is 4.74 Å². The Labute approximate surface area is 134 Å². The second kappa shape index (κ2) is 5.49. The number of hydrogen-bond acceptors (Lipinski definition) is 5. The molecule has 7 heteroatoms. The number of imidazole rings is 1. The van der Waals surface area contributed by atoms with E-state index in [9.17, 15) is 0 Å². The van der Waals surface area contributed by atoms with Gasteiger partial charge in [0.25, 0.3) is 0 Å². The summed E-state index contributed by atoms with van der Waals surface area (Å²) in [5, 5.41) is 4.57. The molecule has 0 atom stereocenters. The van der Waals surface area contributed by atoms with E-state index in [0.717, 1.165) is 42.3 Å². The summed E-state index contributed by atoms with van der Waals surface area (Å²) in [6.45, 7) is 2.89. The highest BCUT2D eigenvalue weighted by atomic mass is 16.5. The minimum atomic E-state index is 0.535. The molecule has 0 aromatic carbocycles. The molecule has 1 aliphatic heterocycles. The van der Waals surface area contributed by atoms with Gasteiger partial charge >= 0.3 is 0 Å². The Balaban J connectivity index is 1.74. The van der Waals surface area contributed by atoms with Gasteiger partial charge in [0.15, 0.2) is 5.82 Å². The van der Waals surface area contributed by atoms with Gasteiger partial charge in [-0.05, 0) is 31.9 Å². The van der Waals surface area contributed by atoms with Gasteiger partial charge in [-0.3, -0.25) is 0 Å². The molecular weight excluding hydrogens is 292 g/mol. The quantitative estimate of drug-likeness (QED) is 0.741. The fraction of sp³-hybridized carbons (Fsp3) is 0.375. The van der Waals surface area contributed by atoms with Crippen LogP contribution in [0.1, 0.15) is 24.4 Å². The predicted octanol–water partition coefficient (Wildman–Crippen LogP) is 2.18. The Morgan fingerprint density at radius 3 is 2.83 bits per heavy atom. The number of aryl methyl sites for hydroxylation is 3. The van der Waals surface area contributed by atoms with Crippen LogP contribution in [-0.2, 0) is 13.0 Å². The monoisotopic (exact) mass is 310 g/mol. The standard InChI is InChI=1S/C16H18N6O/c1-11-9-21(10-17-11)13-7-6-12(18-16(13)23-2)15-19-14-5-3-4-8-22(14)20-15/h6-7,9-10H,3-5,8H2,1-2H3. The molecule has 0 N–H and O–H groups in total.